The summed E-state index contributed by atoms with van der Waals surface area (Å²) >= 11 is 0. The fraction of sp³-hybridized carbons (Fsp3) is 0.0244. The van der Waals surface area contributed by atoms with Crippen LogP contribution in [0, 0.1) is 0 Å². The lowest BCUT2D eigenvalue weighted by Crippen LogP contribution is -1.91. The molecule has 0 atom stereocenters. The maximum absolute atomic E-state index is 10.5. The smallest absolute Gasteiger partial charge is 0.126 e. The van der Waals surface area contributed by atoms with Crippen molar-refractivity contribution in [3.8, 4) is 44.9 Å². The fourth-order valence-electron chi connectivity index (χ4n) is 6.75. The Morgan fingerprint density at radius 2 is 0.651 bits per heavy atom. The van der Waals surface area contributed by atoms with Crippen molar-refractivity contribution in [1.82, 2.24) is 0 Å². The van der Waals surface area contributed by atoms with Gasteiger partial charge in [0.1, 0.15) is 11.5 Å². The van der Waals surface area contributed by atoms with Crippen LogP contribution in [0.2, 0.25) is 0 Å². The Bertz CT molecular complexity index is 2350. The first-order valence-corrected chi connectivity index (χ1v) is 14.5. The number of hydrogen-bond donors (Lipinski definition) is 1. The van der Waals surface area contributed by atoms with E-state index >= 15 is 0 Å². The van der Waals surface area contributed by atoms with Crippen molar-refractivity contribution in [2.24, 2.45) is 0 Å². The lowest BCUT2D eigenvalue weighted by atomic mass is 9.87. The zero-order chi connectivity index (χ0) is 28.9. The summed E-state index contributed by atoms with van der Waals surface area (Å²) < 4.78 is 5.68. The summed E-state index contributed by atoms with van der Waals surface area (Å²) in [6.45, 7) is 0. The molecule has 2 heteroatoms. The van der Waals surface area contributed by atoms with Gasteiger partial charge in [-0.3, -0.25) is 0 Å². The van der Waals surface area contributed by atoms with Gasteiger partial charge in [0.05, 0.1) is 7.11 Å². The fourth-order valence-corrected chi connectivity index (χ4v) is 6.75. The number of phenolic OH excluding ortho intramolecular Hbond substituents is 1. The number of aromatic hydroxyl groups is 1. The SMILES string of the molecule is COc1ccc(-c2ccc(-c3cccc4c(-c5ccc(O)c6ccccc56)cccc34)c3ccccc23)c2ccccc12. The first kappa shape index (κ1) is 25.1. The molecule has 2 nitrogen and oxygen atoms in total. The molecule has 204 valence electrons. The van der Waals surface area contributed by atoms with Gasteiger partial charge < -0.3 is 9.84 Å². The van der Waals surface area contributed by atoms with E-state index in [0.29, 0.717) is 5.75 Å². The highest BCUT2D eigenvalue weighted by atomic mass is 16.5. The van der Waals surface area contributed by atoms with Crippen molar-refractivity contribution >= 4 is 43.1 Å². The average Bonchev–Trinajstić information content (AvgIpc) is 3.07. The molecule has 0 aliphatic carbocycles. The largest absolute Gasteiger partial charge is 0.507 e. The normalized spacial score (nSPS) is 11.5. The van der Waals surface area contributed by atoms with Crippen LogP contribution >= 0.6 is 0 Å². The standard InChI is InChI=1S/C41H28O2/c1-43-41-25-23-37(33-13-5-7-15-39(33)41)35-21-20-34(26-10-2-3-11-27(26)35)30-18-8-17-29-28(30)16-9-19-31(29)36-22-24-40(42)38-14-6-4-12-32(36)38/h2-25,42H,1H3. The molecule has 0 bridgehead atoms. The predicted molar refractivity (Wildman–Crippen MR) is 181 cm³/mol. The van der Waals surface area contributed by atoms with Crippen LogP contribution in [0.4, 0.5) is 0 Å². The number of fused-ring (bicyclic) bond motifs is 4. The highest BCUT2D eigenvalue weighted by Gasteiger charge is 2.16. The van der Waals surface area contributed by atoms with Crippen molar-refractivity contribution in [3.05, 3.63) is 146 Å². The van der Waals surface area contributed by atoms with E-state index in [4.69, 9.17) is 4.74 Å². The minimum atomic E-state index is 0.302. The molecule has 0 amide bonds. The lowest BCUT2D eigenvalue weighted by Gasteiger charge is -2.17. The summed E-state index contributed by atoms with van der Waals surface area (Å²) in [5.74, 6) is 1.18. The summed E-state index contributed by atoms with van der Waals surface area (Å²) in [5, 5.41) is 19.5. The predicted octanol–water partition coefficient (Wildman–Crippen LogP) is 11.0. The van der Waals surface area contributed by atoms with Crippen molar-refractivity contribution in [1.29, 1.82) is 0 Å². The van der Waals surface area contributed by atoms with Gasteiger partial charge in [-0.15, -0.1) is 0 Å². The highest BCUT2D eigenvalue weighted by Crippen LogP contribution is 2.43. The third-order valence-electron chi connectivity index (χ3n) is 8.72. The molecule has 43 heavy (non-hydrogen) atoms. The topological polar surface area (TPSA) is 29.5 Å². The molecule has 0 aromatic heterocycles. The van der Waals surface area contributed by atoms with E-state index in [9.17, 15) is 5.11 Å². The molecule has 0 saturated heterocycles. The zero-order valence-electron chi connectivity index (χ0n) is 23.7. The summed E-state index contributed by atoms with van der Waals surface area (Å²) in [7, 11) is 1.73. The molecule has 8 aromatic carbocycles. The Morgan fingerprint density at radius 3 is 1.14 bits per heavy atom. The van der Waals surface area contributed by atoms with Gasteiger partial charge in [0.25, 0.3) is 0 Å². The molecule has 0 saturated carbocycles. The second-order valence-electron chi connectivity index (χ2n) is 11.0. The van der Waals surface area contributed by atoms with Gasteiger partial charge in [-0.05, 0) is 77.8 Å². The van der Waals surface area contributed by atoms with E-state index in [1.54, 1.807) is 13.2 Å². The van der Waals surface area contributed by atoms with E-state index in [0.717, 1.165) is 33.0 Å². The van der Waals surface area contributed by atoms with E-state index < -0.39 is 0 Å². The maximum Gasteiger partial charge on any atom is 0.126 e. The number of phenols is 1. The van der Waals surface area contributed by atoms with Crippen LogP contribution in [-0.4, -0.2) is 12.2 Å². The highest BCUT2D eigenvalue weighted by molar-refractivity contribution is 6.15. The molecule has 0 unspecified atom stereocenters. The lowest BCUT2D eigenvalue weighted by molar-refractivity contribution is 0.420. The molecule has 0 radical (unpaired) electrons. The second kappa shape index (κ2) is 10.0. The van der Waals surface area contributed by atoms with Crippen LogP contribution in [-0.2, 0) is 0 Å². The van der Waals surface area contributed by atoms with Gasteiger partial charge in [0.2, 0.25) is 0 Å². The van der Waals surface area contributed by atoms with Crippen LogP contribution in [0.1, 0.15) is 0 Å². The molecule has 8 rings (SSSR count). The van der Waals surface area contributed by atoms with Gasteiger partial charge in [-0.25, -0.2) is 0 Å². The Morgan fingerprint density at radius 1 is 0.326 bits per heavy atom. The monoisotopic (exact) mass is 552 g/mol. The van der Waals surface area contributed by atoms with Gasteiger partial charge in [0, 0.05) is 10.8 Å². The van der Waals surface area contributed by atoms with Crippen molar-refractivity contribution in [2.45, 2.75) is 0 Å². The van der Waals surface area contributed by atoms with E-state index in [1.165, 1.54) is 49.2 Å². The van der Waals surface area contributed by atoms with Crippen LogP contribution in [0.15, 0.2) is 146 Å². The number of ether oxygens (including phenoxy) is 1. The molecular formula is C41H28O2. The van der Waals surface area contributed by atoms with Gasteiger partial charge in [-0.2, -0.15) is 0 Å². The Kier molecular flexibility index (Phi) is 5.87. The third-order valence-corrected chi connectivity index (χ3v) is 8.72. The molecule has 8 aromatic rings. The third kappa shape index (κ3) is 3.95. The molecule has 0 aliphatic rings. The molecule has 0 aliphatic heterocycles. The second-order valence-corrected chi connectivity index (χ2v) is 11.0. The Balaban J connectivity index is 1.36. The molecule has 1 N–H and O–H groups in total. The molecule has 0 spiro atoms. The van der Waals surface area contributed by atoms with Crippen LogP contribution in [0.3, 0.4) is 0 Å². The van der Waals surface area contributed by atoms with Crippen LogP contribution in [0.5, 0.6) is 11.5 Å². The van der Waals surface area contributed by atoms with Crippen LogP contribution < -0.4 is 4.74 Å². The minimum absolute atomic E-state index is 0.302. The Labute approximate surface area is 250 Å². The van der Waals surface area contributed by atoms with Crippen LogP contribution in [0.25, 0.3) is 76.5 Å². The summed E-state index contributed by atoms with van der Waals surface area (Å²) in [5.41, 5.74) is 7.07. The van der Waals surface area contributed by atoms with E-state index in [2.05, 4.69) is 115 Å². The van der Waals surface area contributed by atoms with Gasteiger partial charge in [-0.1, -0.05) is 133 Å². The van der Waals surface area contributed by atoms with Crippen molar-refractivity contribution in [3.63, 3.8) is 0 Å². The van der Waals surface area contributed by atoms with Gasteiger partial charge >= 0.3 is 0 Å². The van der Waals surface area contributed by atoms with E-state index in [-0.39, 0.29) is 0 Å². The molecular weight excluding hydrogens is 524 g/mol. The first-order valence-electron chi connectivity index (χ1n) is 14.5. The summed E-state index contributed by atoms with van der Waals surface area (Å²) in [6, 6.07) is 51.0. The zero-order valence-corrected chi connectivity index (χ0v) is 23.7. The van der Waals surface area contributed by atoms with E-state index in [1.807, 2.05) is 24.3 Å². The quantitative estimate of drug-likeness (QED) is 0.235. The van der Waals surface area contributed by atoms with Crippen molar-refractivity contribution in [2.75, 3.05) is 7.11 Å². The minimum Gasteiger partial charge on any atom is -0.507 e. The summed E-state index contributed by atoms with van der Waals surface area (Å²) in [4.78, 5) is 0. The average molecular weight is 553 g/mol. The van der Waals surface area contributed by atoms with Gasteiger partial charge in [0.15, 0.2) is 0 Å². The number of rotatable bonds is 4. The number of methoxy groups -OCH3 is 1. The number of hydrogen-bond acceptors (Lipinski definition) is 2. The molecule has 0 heterocycles. The maximum atomic E-state index is 10.5. The van der Waals surface area contributed by atoms with Crippen molar-refractivity contribution < 1.29 is 9.84 Å². The first-order chi connectivity index (χ1) is 21.2. The number of benzene rings is 8. The molecule has 0 fully saturated rings. The summed E-state index contributed by atoms with van der Waals surface area (Å²) in [6.07, 6.45) is 0. The Hall–Kier alpha value is -5.60.